The van der Waals surface area contributed by atoms with E-state index in [0.29, 0.717) is 12.5 Å². The maximum absolute atomic E-state index is 11.4. The lowest BCUT2D eigenvalue weighted by Crippen LogP contribution is -2.25. The first kappa shape index (κ1) is 13.1. The number of carbonyl (C=O) groups is 1. The molecular weight excluding hydrogens is 248 g/mol. The largest absolute Gasteiger partial charge is 0.370 e. The summed E-state index contributed by atoms with van der Waals surface area (Å²) >= 11 is 1.59. The van der Waals surface area contributed by atoms with Crippen molar-refractivity contribution in [2.24, 2.45) is 0 Å². The second-order valence-corrected chi connectivity index (χ2v) is 5.14. The van der Waals surface area contributed by atoms with Gasteiger partial charge in [-0.05, 0) is 25.5 Å². The van der Waals surface area contributed by atoms with E-state index in [1.54, 1.807) is 18.1 Å². The zero-order valence-corrected chi connectivity index (χ0v) is 11.3. The molecule has 0 spiro atoms. The van der Waals surface area contributed by atoms with Crippen LogP contribution >= 0.6 is 11.8 Å². The zero-order chi connectivity index (χ0) is 12.8. The molecule has 0 unspecified atom stereocenters. The number of aromatic nitrogens is 2. The van der Waals surface area contributed by atoms with E-state index < -0.39 is 0 Å². The number of nitrogens with one attached hydrogen (secondary N) is 2. The van der Waals surface area contributed by atoms with E-state index in [9.17, 15) is 4.79 Å². The molecule has 6 heteroatoms. The van der Waals surface area contributed by atoms with Crippen molar-refractivity contribution in [3.63, 3.8) is 0 Å². The lowest BCUT2D eigenvalue weighted by Gasteiger charge is -2.06. The molecule has 1 aliphatic carbocycles. The highest BCUT2D eigenvalue weighted by molar-refractivity contribution is 7.98. The monoisotopic (exact) mass is 266 g/mol. The Morgan fingerprint density at radius 1 is 1.50 bits per heavy atom. The molecule has 5 nitrogen and oxygen atoms in total. The highest BCUT2D eigenvalue weighted by atomic mass is 32.2. The number of carbonyl (C=O) groups excluding carboxylic acids is 1. The van der Waals surface area contributed by atoms with Gasteiger partial charge >= 0.3 is 0 Å². The predicted molar refractivity (Wildman–Crippen MR) is 72.7 cm³/mol. The van der Waals surface area contributed by atoms with Crippen LogP contribution in [0.2, 0.25) is 0 Å². The fourth-order valence-electron chi connectivity index (χ4n) is 1.54. The third-order valence-electron chi connectivity index (χ3n) is 2.68. The highest BCUT2D eigenvalue weighted by Gasteiger charge is 2.22. The van der Waals surface area contributed by atoms with Gasteiger partial charge in [-0.25, -0.2) is 9.97 Å². The highest BCUT2D eigenvalue weighted by Crippen LogP contribution is 2.18. The minimum atomic E-state index is 0.159. The van der Waals surface area contributed by atoms with Crippen molar-refractivity contribution in [2.45, 2.75) is 36.8 Å². The Labute approximate surface area is 111 Å². The predicted octanol–water partition coefficient (Wildman–Crippen LogP) is 1.67. The van der Waals surface area contributed by atoms with Crippen LogP contribution in [-0.2, 0) is 4.79 Å². The summed E-state index contributed by atoms with van der Waals surface area (Å²) in [5.74, 6) is 0.976. The summed E-state index contributed by atoms with van der Waals surface area (Å²) in [6, 6.07) is 2.37. The maximum atomic E-state index is 11.4. The average molecular weight is 266 g/mol. The molecule has 1 aromatic rings. The van der Waals surface area contributed by atoms with E-state index in [0.717, 1.165) is 36.7 Å². The smallest absolute Gasteiger partial charge is 0.220 e. The van der Waals surface area contributed by atoms with Gasteiger partial charge in [0.2, 0.25) is 5.91 Å². The number of rotatable bonds is 7. The zero-order valence-electron chi connectivity index (χ0n) is 10.5. The number of amides is 1. The number of nitrogens with zero attached hydrogens (tertiary/aromatic N) is 2. The van der Waals surface area contributed by atoms with Crippen LogP contribution in [0.3, 0.4) is 0 Å². The van der Waals surface area contributed by atoms with Crippen LogP contribution in [0.25, 0.3) is 0 Å². The van der Waals surface area contributed by atoms with Gasteiger partial charge in [0.1, 0.15) is 17.2 Å². The Balaban J connectivity index is 1.63. The molecule has 1 aliphatic rings. The summed E-state index contributed by atoms with van der Waals surface area (Å²) < 4.78 is 0. The standard InChI is InChI=1S/C12H18N4OS/c1-18-12-7-10(14-8-15-12)13-6-2-3-11(17)16-9-4-5-9/h7-9H,2-6H2,1H3,(H,16,17)(H,13,14,15). The summed E-state index contributed by atoms with van der Waals surface area (Å²) in [5, 5.41) is 7.12. The van der Waals surface area contributed by atoms with Crippen molar-refractivity contribution in [3.8, 4) is 0 Å². The molecule has 1 saturated carbocycles. The van der Waals surface area contributed by atoms with E-state index >= 15 is 0 Å². The minimum Gasteiger partial charge on any atom is -0.370 e. The van der Waals surface area contributed by atoms with Crippen LogP contribution in [0.1, 0.15) is 25.7 Å². The third kappa shape index (κ3) is 4.52. The summed E-state index contributed by atoms with van der Waals surface area (Å²) in [6.45, 7) is 0.753. The van der Waals surface area contributed by atoms with Gasteiger partial charge in [-0.2, -0.15) is 0 Å². The Morgan fingerprint density at radius 3 is 3.06 bits per heavy atom. The van der Waals surface area contributed by atoms with Crippen LogP contribution in [0.15, 0.2) is 17.4 Å². The van der Waals surface area contributed by atoms with E-state index in [1.807, 2.05) is 12.3 Å². The maximum Gasteiger partial charge on any atom is 0.220 e. The van der Waals surface area contributed by atoms with Gasteiger partial charge in [-0.1, -0.05) is 0 Å². The molecule has 2 rings (SSSR count). The Bertz CT molecular complexity index is 409. The topological polar surface area (TPSA) is 66.9 Å². The second kappa shape index (κ2) is 6.58. The van der Waals surface area contributed by atoms with E-state index in [-0.39, 0.29) is 5.91 Å². The van der Waals surface area contributed by atoms with E-state index in [2.05, 4.69) is 20.6 Å². The van der Waals surface area contributed by atoms with Crippen molar-refractivity contribution in [3.05, 3.63) is 12.4 Å². The van der Waals surface area contributed by atoms with Gasteiger partial charge in [0, 0.05) is 25.1 Å². The molecular formula is C12H18N4OS. The second-order valence-electron chi connectivity index (χ2n) is 4.32. The molecule has 0 bridgehead atoms. The molecule has 0 aliphatic heterocycles. The molecule has 18 heavy (non-hydrogen) atoms. The van der Waals surface area contributed by atoms with Gasteiger partial charge in [0.05, 0.1) is 0 Å². The van der Waals surface area contributed by atoms with Gasteiger partial charge < -0.3 is 10.6 Å². The number of thioether (sulfide) groups is 1. The summed E-state index contributed by atoms with van der Waals surface area (Å²) in [6.07, 6.45) is 7.20. The summed E-state index contributed by atoms with van der Waals surface area (Å²) in [7, 11) is 0. The normalized spacial score (nSPS) is 14.3. The first-order valence-corrected chi connectivity index (χ1v) is 7.39. The first-order chi connectivity index (χ1) is 8.78. The molecule has 0 atom stereocenters. The van der Waals surface area contributed by atoms with Gasteiger partial charge in [0.25, 0.3) is 0 Å². The molecule has 0 saturated heterocycles. The summed E-state index contributed by atoms with van der Waals surface area (Å²) in [4.78, 5) is 19.7. The van der Waals surface area contributed by atoms with Crippen LogP contribution in [0.4, 0.5) is 5.82 Å². The van der Waals surface area contributed by atoms with Crippen LogP contribution in [0, 0.1) is 0 Å². The van der Waals surface area contributed by atoms with Gasteiger partial charge in [-0.3, -0.25) is 4.79 Å². The lowest BCUT2D eigenvalue weighted by molar-refractivity contribution is -0.121. The van der Waals surface area contributed by atoms with Gasteiger partial charge in [-0.15, -0.1) is 11.8 Å². The van der Waals surface area contributed by atoms with Crippen molar-refractivity contribution >= 4 is 23.5 Å². The molecule has 1 heterocycles. The molecule has 98 valence electrons. The molecule has 0 radical (unpaired) electrons. The Morgan fingerprint density at radius 2 is 2.33 bits per heavy atom. The molecule has 1 amide bonds. The van der Waals surface area contributed by atoms with Crippen LogP contribution in [0.5, 0.6) is 0 Å². The third-order valence-corrected chi connectivity index (χ3v) is 3.32. The minimum absolute atomic E-state index is 0.159. The average Bonchev–Trinajstić information content (AvgIpc) is 3.19. The van der Waals surface area contributed by atoms with Crippen LogP contribution in [-0.4, -0.2) is 34.7 Å². The van der Waals surface area contributed by atoms with E-state index in [1.165, 1.54) is 0 Å². The number of hydrogen-bond acceptors (Lipinski definition) is 5. The SMILES string of the molecule is CSc1cc(NCCCC(=O)NC2CC2)ncn1. The Hall–Kier alpha value is -1.30. The molecule has 1 fully saturated rings. The fraction of sp³-hybridized carbons (Fsp3) is 0.583. The molecule has 2 N–H and O–H groups in total. The van der Waals surface area contributed by atoms with Crippen LogP contribution < -0.4 is 10.6 Å². The first-order valence-electron chi connectivity index (χ1n) is 6.17. The van der Waals surface area contributed by atoms with E-state index in [4.69, 9.17) is 0 Å². The number of hydrogen-bond donors (Lipinski definition) is 2. The number of anilines is 1. The Kier molecular flexibility index (Phi) is 4.81. The fourth-order valence-corrected chi connectivity index (χ4v) is 1.92. The van der Waals surface area contributed by atoms with Gasteiger partial charge in [0.15, 0.2) is 0 Å². The molecule has 0 aromatic carbocycles. The molecule has 1 aromatic heterocycles. The van der Waals surface area contributed by atoms with Crippen molar-refractivity contribution in [1.82, 2.24) is 15.3 Å². The summed E-state index contributed by atoms with van der Waals surface area (Å²) in [5.41, 5.74) is 0. The van der Waals surface area contributed by atoms with Crippen molar-refractivity contribution in [1.29, 1.82) is 0 Å². The van der Waals surface area contributed by atoms with Crippen molar-refractivity contribution < 1.29 is 4.79 Å². The lowest BCUT2D eigenvalue weighted by atomic mass is 10.3. The quantitative estimate of drug-likeness (QED) is 0.446. The van der Waals surface area contributed by atoms with Crippen molar-refractivity contribution in [2.75, 3.05) is 18.1 Å².